The molecule has 1 aliphatic rings. The number of benzene rings is 2. The van der Waals surface area contributed by atoms with E-state index in [2.05, 4.69) is 5.32 Å². The molecule has 0 bridgehead atoms. The van der Waals surface area contributed by atoms with Crippen LogP contribution in [0, 0.1) is 6.92 Å². The number of ketones is 1. The number of ether oxygens (including phenoxy) is 3. The standard InChI is InChI=1S/C19H17NO6/c1-12-4-2-3-5-16(12)25-11-19(23)26-9-15(21)13-6-7-17-14(8-13)20-18(22)10-24-17/h2-8H,9-11H2,1H3,(H,20,22). The monoisotopic (exact) mass is 355 g/mol. The van der Waals surface area contributed by atoms with Crippen molar-refractivity contribution in [2.75, 3.05) is 25.1 Å². The summed E-state index contributed by atoms with van der Waals surface area (Å²) in [7, 11) is 0. The second-order valence-corrected chi connectivity index (χ2v) is 5.69. The number of hydrogen-bond donors (Lipinski definition) is 1. The number of carbonyl (C=O) groups is 3. The van der Waals surface area contributed by atoms with Crippen molar-refractivity contribution in [2.45, 2.75) is 6.92 Å². The molecule has 0 spiro atoms. The number of esters is 1. The minimum atomic E-state index is -0.642. The van der Waals surface area contributed by atoms with Gasteiger partial charge in [0.1, 0.15) is 11.5 Å². The van der Waals surface area contributed by atoms with Gasteiger partial charge in [0.25, 0.3) is 5.91 Å². The van der Waals surface area contributed by atoms with Crippen LogP contribution in [0.1, 0.15) is 15.9 Å². The number of nitrogens with one attached hydrogen (secondary N) is 1. The van der Waals surface area contributed by atoms with Crippen molar-refractivity contribution in [3.63, 3.8) is 0 Å². The number of Topliss-reactive ketones (excluding diaryl/α,β-unsaturated/α-hetero) is 1. The molecule has 1 heterocycles. The van der Waals surface area contributed by atoms with Crippen molar-refractivity contribution in [2.24, 2.45) is 0 Å². The Bertz CT molecular complexity index is 861. The van der Waals surface area contributed by atoms with Gasteiger partial charge in [-0.05, 0) is 36.8 Å². The maximum absolute atomic E-state index is 12.2. The zero-order valence-electron chi connectivity index (χ0n) is 14.1. The minimum absolute atomic E-state index is 0.0568. The summed E-state index contributed by atoms with van der Waals surface area (Å²) >= 11 is 0. The zero-order valence-corrected chi connectivity index (χ0v) is 14.1. The summed E-state index contributed by atoms with van der Waals surface area (Å²) < 4.78 is 15.6. The maximum Gasteiger partial charge on any atom is 0.344 e. The highest BCUT2D eigenvalue weighted by Gasteiger charge is 2.18. The predicted molar refractivity (Wildman–Crippen MR) is 92.5 cm³/mol. The highest BCUT2D eigenvalue weighted by Crippen LogP contribution is 2.28. The third-order valence-corrected chi connectivity index (χ3v) is 3.74. The van der Waals surface area contributed by atoms with Crippen molar-refractivity contribution < 1.29 is 28.6 Å². The van der Waals surface area contributed by atoms with Gasteiger partial charge < -0.3 is 19.5 Å². The van der Waals surface area contributed by atoms with Gasteiger partial charge in [-0.15, -0.1) is 0 Å². The quantitative estimate of drug-likeness (QED) is 0.631. The molecule has 0 fully saturated rings. The van der Waals surface area contributed by atoms with Gasteiger partial charge in [-0.2, -0.15) is 0 Å². The van der Waals surface area contributed by atoms with E-state index in [0.29, 0.717) is 22.7 Å². The molecule has 0 atom stereocenters. The summed E-state index contributed by atoms with van der Waals surface area (Å²) in [6, 6.07) is 11.9. The molecule has 0 aromatic heterocycles. The number of para-hydroxylation sites is 1. The average molecular weight is 355 g/mol. The molecule has 1 N–H and O–H groups in total. The number of anilines is 1. The minimum Gasteiger partial charge on any atom is -0.482 e. The Morgan fingerprint density at radius 1 is 1.15 bits per heavy atom. The Balaban J connectivity index is 1.52. The second kappa shape index (κ2) is 7.69. The fourth-order valence-corrected chi connectivity index (χ4v) is 2.38. The normalized spacial score (nSPS) is 12.4. The Kier molecular flexibility index (Phi) is 5.17. The van der Waals surface area contributed by atoms with Gasteiger partial charge in [-0.3, -0.25) is 9.59 Å². The lowest BCUT2D eigenvalue weighted by molar-refractivity contribution is -0.144. The molecular weight excluding hydrogens is 338 g/mol. The van der Waals surface area contributed by atoms with Crippen LogP contribution in [0.3, 0.4) is 0 Å². The molecule has 7 heteroatoms. The smallest absolute Gasteiger partial charge is 0.344 e. The summed E-state index contributed by atoms with van der Waals surface area (Å²) in [4.78, 5) is 35.3. The van der Waals surface area contributed by atoms with E-state index in [9.17, 15) is 14.4 Å². The van der Waals surface area contributed by atoms with E-state index in [1.54, 1.807) is 24.3 Å². The first-order chi connectivity index (χ1) is 12.5. The van der Waals surface area contributed by atoms with Crippen LogP contribution in [0.2, 0.25) is 0 Å². The number of rotatable bonds is 6. The number of fused-ring (bicyclic) bond motifs is 1. The van der Waals surface area contributed by atoms with Crippen molar-refractivity contribution in [3.05, 3.63) is 53.6 Å². The van der Waals surface area contributed by atoms with Gasteiger partial charge in [-0.25, -0.2) is 4.79 Å². The van der Waals surface area contributed by atoms with Gasteiger partial charge in [0.05, 0.1) is 5.69 Å². The Morgan fingerprint density at radius 3 is 2.77 bits per heavy atom. The molecule has 0 saturated carbocycles. The van der Waals surface area contributed by atoms with Gasteiger partial charge in [-0.1, -0.05) is 18.2 Å². The predicted octanol–water partition coefficient (Wildman–Crippen LogP) is 2.13. The Morgan fingerprint density at radius 2 is 1.96 bits per heavy atom. The first-order valence-electron chi connectivity index (χ1n) is 7.97. The number of hydrogen-bond acceptors (Lipinski definition) is 6. The number of aryl methyl sites for hydroxylation is 1. The van der Waals surface area contributed by atoms with Crippen LogP contribution in [0.5, 0.6) is 11.5 Å². The van der Waals surface area contributed by atoms with E-state index in [1.807, 2.05) is 19.1 Å². The van der Waals surface area contributed by atoms with E-state index >= 15 is 0 Å². The molecule has 2 aromatic carbocycles. The van der Waals surface area contributed by atoms with Crippen molar-refractivity contribution >= 4 is 23.3 Å². The molecule has 0 aliphatic carbocycles. The molecule has 134 valence electrons. The summed E-state index contributed by atoms with van der Waals surface area (Å²) in [5.74, 6) is -0.249. The van der Waals surface area contributed by atoms with Crippen LogP contribution in [-0.2, 0) is 14.3 Å². The third-order valence-electron chi connectivity index (χ3n) is 3.74. The average Bonchev–Trinajstić information content (AvgIpc) is 2.64. The Labute approximate surface area is 149 Å². The van der Waals surface area contributed by atoms with Crippen molar-refractivity contribution in [1.29, 1.82) is 0 Å². The van der Waals surface area contributed by atoms with E-state index in [-0.39, 0.29) is 19.1 Å². The fourth-order valence-electron chi connectivity index (χ4n) is 2.38. The molecule has 0 radical (unpaired) electrons. The molecular formula is C19H17NO6. The lowest BCUT2D eigenvalue weighted by Crippen LogP contribution is -2.25. The van der Waals surface area contributed by atoms with Crippen LogP contribution in [-0.4, -0.2) is 37.5 Å². The summed E-state index contributed by atoms with van der Waals surface area (Å²) in [6.45, 7) is 1.11. The molecule has 3 rings (SSSR count). The highest BCUT2D eigenvalue weighted by molar-refractivity contribution is 6.01. The molecule has 26 heavy (non-hydrogen) atoms. The SMILES string of the molecule is Cc1ccccc1OCC(=O)OCC(=O)c1ccc2c(c1)NC(=O)CO2. The molecule has 2 aromatic rings. The number of amides is 1. The maximum atomic E-state index is 12.2. The Hall–Kier alpha value is -3.35. The van der Waals surface area contributed by atoms with Crippen LogP contribution >= 0.6 is 0 Å². The van der Waals surface area contributed by atoms with E-state index in [0.717, 1.165) is 5.56 Å². The van der Waals surface area contributed by atoms with Gasteiger partial charge >= 0.3 is 5.97 Å². The topological polar surface area (TPSA) is 90.9 Å². The summed E-state index contributed by atoms with van der Waals surface area (Å²) in [5.41, 5.74) is 1.62. The largest absolute Gasteiger partial charge is 0.482 e. The second-order valence-electron chi connectivity index (χ2n) is 5.69. The lowest BCUT2D eigenvalue weighted by Gasteiger charge is -2.18. The van der Waals surface area contributed by atoms with E-state index in [1.165, 1.54) is 6.07 Å². The lowest BCUT2D eigenvalue weighted by atomic mass is 10.1. The highest BCUT2D eigenvalue weighted by atomic mass is 16.6. The van der Waals surface area contributed by atoms with E-state index in [4.69, 9.17) is 14.2 Å². The van der Waals surface area contributed by atoms with Crippen LogP contribution in [0.25, 0.3) is 0 Å². The third kappa shape index (κ3) is 4.18. The van der Waals surface area contributed by atoms with Crippen LogP contribution in [0.15, 0.2) is 42.5 Å². The first-order valence-corrected chi connectivity index (χ1v) is 7.97. The number of carbonyl (C=O) groups excluding carboxylic acids is 3. The fraction of sp³-hybridized carbons (Fsp3) is 0.211. The van der Waals surface area contributed by atoms with Crippen molar-refractivity contribution in [3.8, 4) is 11.5 Å². The van der Waals surface area contributed by atoms with E-state index < -0.39 is 18.4 Å². The molecule has 1 aliphatic heterocycles. The van der Waals surface area contributed by atoms with Crippen LogP contribution in [0.4, 0.5) is 5.69 Å². The van der Waals surface area contributed by atoms with Gasteiger partial charge in [0, 0.05) is 5.56 Å². The van der Waals surface area contributed by atoms with Crippen molar-refractivity contribution in [1.82, 2.24) is 0 Å². The van der Waals surface area contributed by atoms with Gasteiger partial charge in [0.15, 0.2) is 25.6 Å². The molecule has 1 amide bonds. The first kappa shape index (κ1) is 17.5. The molecule has 7 nitrogen and oxygen atoms in total. The van der Waals surface area contributed by atoms with Gasteiger partial charge in [0.2, 0.25) is 0 Å². The van der Waals surface area contributed by atoms with Crippen LogP contribution < -0.4 is 14.8 Å². The summed E-state index contributed by atoms with van der Waals surface area (Å²) in [5, 5.41) is 2.62. The molecule has 0 saturated heterocycles. The summed E-state index contributed by atoms with van der Waals surface area (Å²) in [6.07, 6.45) is 0. The zero-order chi connectivity index (χ0) is 18.5. The molecule has 0 unspecified atom stereocenters.